The Balaban J connectivity index is 2.26. The molecule has 0 saturated heterocycles. The Labute approximate surface area is 123 Å². The molecule has 0 fully saturated rings. The Hall–Kier alpha value is -0.780. The van der Waals surface area contributed by atoms with Crippen LogP contribution in [0.4, 0.5) is 8.78 Å². The molecule has 1 N–H and O–H groups in total. The molecule has 1 nitrogen and oxygen atoms in total. The maximum Gasteiger partial charge on any atom is 0.129 e. The van der Waals surface area contributed by atoms with E-state index in [-0.39, 0.29) is 11.6 Å². The van der Waals surface area contributed by atoms with Crippen LogP contribution in [0.15, 0.2) is 34.1 Å². The number of thiophene rings is 1. The Kier molecular flexibility index (Phi) is 5.07. The SMILES string of the molecule is CCNC(Cc1c(F)cccc1F)c1ccc(Br)s1. The van der Waals surface area contributed by atoms with E-state index in [1.54, 1.807) is 11.3 Å². The summed E-state index contributed by atoms with van der Waals surface area (Å²) in [6.07, 6.45) is 0.305. The van der Waals surface area contributed by atoms with Crippen molar-refractivity contribution in [2.75, 3.05) is 6.54 Å². The predicted molar refractivity (Wildman–Crippen MR) is 78.5 cm³/mol. The molecule has 0 aliphatic carbocycles. The van der Waals surface area contributed by atoms with Gasteiger partial charge in [-0.2, -0.15) is 0 Å². The molecule has 1 unspecified atom stereocenters. The first-order valence-electron chi connectivity index (χ1n) is 6.03. The summed E-state index contributed by atoms with van der Waals surface area (Å²) in [4.78, 5) is 1.07. The average Bonchev–Trinajstić information content (AvgIpc) is 2.79. The van der Waals surface area contributed by atoms with Crippen LogP contribution in [0.5, 0.6) is 0 Å². The lowest BCUT2D eigenvalue weighted by Crippen LogP contribution is -2.23. The summed E-state index contributed by atoms with van der Waals surface area (Å²) >= 11 is 4.98. The Bertz CT molecular complexity index is 536. The van der Waals surface area contributed by atoms with Gasteiger partial charge in [0.2, 0.25) is 0 Å². The predicted octanol–water partition coefficient (Wildman–Crippen LogP) is 4.68. The number of rotatable bonds is 5. The van der Waals surface area contributed by atoms with Gasteiger partial charge in [-0.05, 0) is 53.2 Å². The van der Waals surface area contributed by atoms with Crippen molar-refractivity contribution in [3.05, 3.63) is 56.2 Å². The summed E-state index contributed by atoms with van der Waals surface area (Å²) in [5.74, 6) is -0.975. The van der Waals surface area contributed by atoms with Crippen LogP contribution < -0.4 is 5.32 Å². The number of likely N-dealkylation sites (N-methyl/N-ethyl adjacent to an activating group) is 1. The van der Waals surface area contributed by atoms with Crippen LogP contribution in [0.1, 0.15) is 23.4 Å². The van der Waals surface area contributed by atoms with Crippen molar-refractivity contribution in [2.24, 2.45) is 0 Å². The van der Waals surface area contributed by atoms with Gasteiger partial charge in [0.05, 0.1) is 3.79 Å². The summed E-state index contributed by atoms with van der Waals surface area (Å²) < 4.78 is 28.4. The summed E-state index contributed by atoms with van der Waals surface area (Å²) in [6.45, 7) is 2.73. The van der Waals surface area contributed by atoms with E-state index in [4.69, 9.17) is 0 Å². The van der Waals surface area contributed by atoms with Gasteiger partial charge in [0, 0.05) is 16.5 Å². The maximum atomic E-state index is 13.7. The second kappa shape index (κ2) is 6.59. The van der Waals surface area contributed by atoms with Crippen LogP contribution in [0, 0.1) is 11.6 Å². The number of hydrogen-bond acceptors (Lipinski definition) is 2. The molecule has 0 spiro atoms. The van der Waals surface area contributed by atoms with Gasteiger partial charge < -0.3 is 5.32 Å². The summed E-state index contributed by atoms with van der Waals surface area (Å²) in [7, 11) is 0. The van der Waals surface area contributed by atoms with E-state index in [9.17, 15) is 8.78 Å². The van der Waals surface area contributed by atoms with Crippen molar-refractivity contribution < 1.29 is 8.78 Å². The van der Waals surface area contributed by atoms with Crippen molar-refractivity contribution >= 4 is 27.3 Å². The number of hydrogen-bond donors (Lipinski definition) is 1. The lowest BCUT2D eigenvalue weighted by Gasteiger charge is -2.17. The van der Waals surface area contributed by atoms with Gasteiger partial charge in [0.1, 0.15) is 11.6 Å². The molecule has 0 radical (unpaired) electrons. The van der Waals surface area contributed by atoms with Gasteiger partial charge in [-0.1, -0.05) is 13.0 Å². The molecule has 0 saturated carbocycles. The van der Waals surface area contributed by atoms with E-state index in [0.29, 0.717) is 6.42 Å². The molecule has 1 atom stereocenters. The minimum absolute atomic E-state index is 0.0762. The Morgan fingerprint density at radius 3 is 2.42 bits per heavy atom. The molecule has 102 valence electrons. The molecule has 0 aliphatic heterocycles. The summed E-state index contributed by atoms with van der Waals surface area (Å²) in [6, 6.07) is 7.83. The highest BCUT2D eigenvalue weighted by Gasteiger charge is 2.18. The number of benzene rings is 1. The fourth-order valence-corrected chi connectivity index (χ4v) is 3.47. The fraction of sp³-hybridized carbons (Fsp3) is 0.286. The van der Waals surface area contributed by atoms with Gasteiger partial charge >= 0.3 is 0 Å². The fourth-order valence-electron chi connectivity index (χ4n) is 1.97. The van der Waals surface area contributed by atoms with Crippen molar-refractivity contribution in [3.8, 4) is 0 Å². The van der Waals surface area contributed by atoms with Gasteiger partial charge in [-0.15, -0.1) is 11.3 Å². The Morgan fingerprint density at radius 2 is 1.89 bits per heavy atom. The number of halogens is 3. The largest absolute Gasteiger partial charge is 0.309 e. The van der Waals surface area contributed by atoms with Crippen LogP contribution in [-0.2, 0) is 6.42 Å². The summed E-state index contributed by atoms with van der Waals surface area (Å²) in [5.41, 5.74) is 0.137. The first-order valence-corrected chi connectivity index (χ1v) is 7.64. The molecule has 5 heteroatoms. The topological polar surface area (TPSA) is 12.0 Å². The van der Waals surface area contributed by atoms with E-state index in [1.807, 2.05) is 19.1 Å². The van der Waals surface area contributed by atoms with E-state index in [2.05, 4.69) is 21.2 Å². The van der Waals surface area contributed by atoms with Crippen LogP contribution in [0.3, 0.4) is 0 Å². The lowest BCUT2D eigenvalue weighted by atomic mass is 10.0. The minimum atomic E-state index is -0.487. The van der Waals surface area contributed by atoms with E-state index in [1.165, 1.54) is 18.2 Å². The van der Waals surface area contributed by atoms with Crippen molar-refractivity contribution in [3.63, 3.8) is 0 Å². The zero-order valence-corrected chi connectivity index (χ0v) is 12.8. The molecule has 2 rings (SSSR count). The molecular formula is C14H14BrF2NS. The highest BCUT2D eigenvalue weighted by molar-refractivity contribution is 9.11. The van der Waals surface area contributed by atoms with Gasteiger partial charge in [0.25, 0.3) is 0 Å². The number of nitrogens with one attached hydrogen (secondary N) is 1. The van der Waals surface area contributed by atoms with Crippen LogP contribution in [-0.4, -0.2) is 6.54 Å². The molecular weight excluding hydrogens is 332 g/mol. The third-order valence-electron chi connectivity index (χ3n) is 2.86. The van der Waals surface area contributed by atoms with Gasteiger partial charge in [0.15, 0.2) is 0 Å². The van der Waals surface area contributed by atoms with E-state index < -0.39 is 11.6 Å². The smallest absolute Gasteiger partial charge is 0.129 e. The molecule has 0 aliphatic rings. The van der Waals surface area contributed by atoms with E-state index in [0.717, 1.165) is 15.2 Å². The zero-order valence-electron chi connectivity index (χ0n) is 10.4. The normalized spacial score (nSPS) is 12.6. The molecule has 1 aromatic heterocycles. The molecule has 1 heterocycles. The third kappa shape index (κ3) is 3.61. The van der Waals surface area contributed by atoms with Crippen molar-refractivity contribution in [1.82, 2.24) is 5.32 Å². The van der Waals surface area contributed by atoms with Crippen molar-refractivity contribution in [1.29, 1.82) is 0 Å². The highest BCUT2D eigenvalue weighted by atomic mass is 79.9. The zero-order chi connectivity index (χ0) is 13.8. The second-order valence-electron chi connectivity index (χ2n) is 4.16. The van der Waals surface area contributed by atoms with Crippen molar-refractivity contribution in [2.45, 2.75) is 19.4 Å². The highest BCUT2D eigenvalue weighted by Crippen LogP contribution is 2.30. The third-order valence-corrected chi connectivity index (χ3v) is 4.60. The first-order chi connectivity index (χ1) is 9.11. The molecule has 0 amide bonds. The molecule has 0 bridgehead atoms. The monoisotopic (exact) mass is 345 g/mol. The van der Waals surface area contributed by atoms with Crippen LogP contribution >= 0.6 is 27.3 Å². The molecule has 2 aromatic rings. The van der Waals surface area contributed by atoms with Crippen LogP contribution in [0.25, 0.3) is 0 Å². The second-order valence-corrected chi connectivity index (χ2v) is 6.65. The first kappa shape index (κ1) is 14.6. The lowest BCUT2D eigenvalue weighted by molar-refractivity contribution is 0.503. The molecule has 19 heavy (non-hydrogen) atoms. The summed E-state index contributed by atoms with van der Waals surface area (Å²) in [5, 5.41) is 3.27. The van der Waals surface area contributed by atoms with Gasteiger partial charge in [-0.3, -0.25) is 0 Å². The average molecular weight is 346 g/mol. The standard InChI is InChI=1S/C14H14BrF2NS/c1-2-18-12(13-6-7-14(15)19-13)8-9-10(16)4-3-5-11(9)17/h3-7,12,18H,2,8H2,1H3. The van der Waals surface area contributed by atoms with Gasteiger partial charge in [-0.25, -0.2) is 8.78 Å². The molecule has 1 aromatic carbocycles. The van der Waals surface area contributed by atoms with E-state index >= 15 is 0 Å². The van der Waals surface area contributed by atoms with Crippen LogP contribution in [0.2, 0.25) is 0 Å². The quantitative estimate of drug-likeness (QED) is 0.829. The minimum Gasteiger partial charge on any atom is -0.309 e. The Morgan fingerprint density at radius 1 is 1.21 bits per heavy atom. The maximum absolute atomic E-state index is 13.7.